The lowest BCUT2D eigenvalue weighted by Gasteiger charge is -2.18. The summed E-state index contributed by atoms with van der Waals surface area (Å²) in [5.41, 5.74) is 0.651. The zero-order chi connectivity index (χ0) is 11.3. The van der Waals surface area contributed by atoms with Gasteiger partial charge >= 0.3 is 0 Å². The van der Waals surface area contributed by atoms with E-state index in [0.717, 1.165) is 0 Å². The Morgan fingerprint density at radius 2 is 2.20 bits per heavy atom. The first-order valence-electron chi connectivity index (χ1n) is 5.21. The smallest absolute Gasteiger partial charge is 0.257 e. The predicted molar refractivity (Wildman–Crippen MR) is 59.9 cm³/mol. The number of allylic oxidation sites excluding steroid dienone is 1. The lowest BCUT2D eigenvalue weighted by molar-refractivity contribution is 0.0771. The monoisotopic (exact) mass is 207 g/mol. The number of furan rings is 1. The summed E-state index contributed by atoms with van der Waals surface area (Å²) < 4.78 is 5.25. The van der Waals surface area contributed by atoms with Crippen molar-refractivity contribution in [2.45, 2.75) is 20.3 Å². The topological polar surface area (TPSA) is 33.5 Å². The molecule has 0 N–H and O–H groups in total. The third kappa shape index (κ3) is 2.49. The van der Waals surface area contributed by atoms with Gasteiger partial charge in [-0.2, -0.15) is 0 Å². The third-order valence-corrected chi connectivity index (χ3v) is 2.36. The van der Waals surface area contributed by atoms with Gasteiger partial charge in [0.1, 0.15) is 5.76 Å². The van der Waals surface area contributed by atoms with Crippen molar-refractivity contribution in [2.24, 2.45) is 0 Å². The lowest BCUT2D eigenvalue weighted by atomic mass is 10.2. The van der Waals surface area contributed by atoms with E-state index >= 15 is 0 Å². The summed E-state index contributed by atoms with van der Waals surface area (Å²) in [6, 6.07) is 1.72. The maximum atomic E-state index is 12.0. The van der Waals surface area contributed by atoms with Gasteiger partial charge in [0.05, 0.1) is 11.8 Å². The van der Waals surface area contributed by atoms with Crippen LogP contribution in [-0.2, 0) is 6.42 Å². The molecule has 0 bridgehead atoms. The molecule has 0 aliphatic rings. The average Bonchev–Trinajstić information content (AvgIpc) is 2.68. The molecule has 1 amide bonds. The van der Waals surface area contributed by atoms with Gasteiger partial charge in [-0.15, -0.1) is 6.58 Å². The van der Waals surface area contributed by atoms with Crippen molar-refractivity contribution in [1.82, 2.24) is 4.90 Å². The predicted octanol–water partition coefficient (Wildman–Crippen LogP) is 2.49. The summed E-state index contributed by atoms with van der Waals surface area (Å²) in [5.74, 6) is 0.729. The Balaban J connectivity index is 2.89. The van der Waals surface area contributed by atoms with Crippen molar-refractivity contribution in [3.05, 3.63) is 36.3 Å². The molecule has 0 fully saturated rings. The molecule has 3 heteroatoms. The molecule has 0 unspecified atom stereocenters. The standard InChI is InChI=1S/C12H17NO2/c1-4-7-11-10(8-9-15-11)12(14)13(5-2)6-3/h4,8-9H,1,5-7H2,2-3H3. The minimum atomic E-state index is 0.0330. The maximum absolute atomic E-state index is 12.0. The van der Waals surface area contributed by atoms with Crippen molar-refractivity contribution in [3.63, 3.8) is 0 Å². The number of rotatable bonds is 5. The number of carbonyl (C=O) groups is 1. The second kappa shape index (κ2) is 5.39. The molecule has 0 atom stereocenters. The largest absolute Gasteiger partial charge is 0.468 e. The average molecular weight is 207 g/mol. The maximum Gasteiger partial charge on any atom is 0.257 e. The fourth-order valence-electron chi connectivity index (χ4n) is 1.50. The summed E-state index contributed by atoms with van der Waals surface area (Å²) in [4.78, 5) is 13.8. The highest BCUT2D eigenvalue weighted by molar-refractivity contribution is 5.95. The lowest BCUT2D eigenvalue weighted by Crippen LogP contribution is -2.30. The van der Waals surface area contributed by atoms with Crippen LogP contribution >= 0.6 is 0 Å². The van der Waals surface area contributed by atoms with Crippen LogP contribution in [0.1, 0.15) is 30.0 Å². The number of amides is 1. The van der Waals surface area contributed by atoms with E-state index < -0.39 is 0 Å². The van der Waals surface area contributed by atoms with Crippen molar-refractivity contribution in [3.8, 4) is 0 Å². The summed E-state index contributed by atoms with van der Waals surface area (Å²) in [5, 5.41) is 0. The van der Waals surface area contributed by atoms with E-state index in [0.29, 0.717) is 30.8 Å². The van der Waals surface area contributed by atoms with Crippen molar-refractivity contribution in [1.29, 1.82) is 0 Å². The van der Waals surface area contributed by atoms with Crippen LogP contribution in [0.3, 0.4) is 0 Å². The van der Waals surface area contributed by atoms with Gasteiger partial charge in [-0.05, 0) is 19.9 Å². The molecular formula is C12H17NO2. The summed E-state index contributed by atoms with van der Waals surface area (Å²) >= 11 is 0. The molecular weight excluding hydrogens is 190 g/mol. The molecule has 1 aromatic heterocycles. The molecule has 0 radical (unpaired) electrons. The van der Waals surface area contributed by atoms with E-state index in [1.165, 1.54) is 0 Å². The van der Waals surface area contributed by atoms with Crippen LogP contribution in [0.5, 0.6) is 0 Å². The Bertz CT molecular complexity index is 337. The molecule has 1 heterocycles. The van der Waals surface area contributed by atoms with E-state index in [-0.39, 0.29) is 5.91 Å². The van der Waals surface area contributed by atoms with E-state index in [4.69, 9.17) is 4.42 Å². The zero-order valence-electron chi connectivity index (χ0n) is 9.32. The van der Waals surface area contributed by atoms with Crippen molar-refractivity contribution < 1.29 is 9.21 Å². The van der Waals surface area contributed by atoms with E-state index in [9.17, 15) is 4.79 Å². The minimum absolute atomic E-state index is 0.0330. The Labute approximate surface area is 90.4 Å². The first-order valence-corrected chi connectivity index (χ1v) is 5.21. The van der Waals surface area contributed by atoms with Crippen LogP contribution in [0.15, 0.2) is 29.4 Å². The highest BCUT2D eigenvalue weighted by Gasteiger charge is 2.17. The van der Waals surface area contributed by atoms with Gasteiger partial charge in [0.2, 0.25) is 0 Å². The molecule has 15 heavy (non-hydrogen) atoms. The molecule has 0 spiro atoms. The number of hydrogen-bond acceptors (Lipinski definition) is 2. The van der Waals surface area contributed by atoms with Crippen LogP contribution in [-0.4, -0.2) is 23.9 Å². The van der Waals surface area contributed by atoms with Gasteiger partial charge in [0, 0.05) is 19.5 Å². The summed E-state index contributed by atoms with van der Waals surface area (Å²) in [7, 11) is 0. The van der Waals surface area contributed by atoms with Crippen LogP contribution in [0.25, 0.3) is 0 Å². The van der Waals surface area contributed by atoms with Crippen LogP contribution in [0.4, 0.5) is 0 Å². The first kappa shape index (κ1) is 11.6. The fourth-order valence-corrected chi connectivity index (χ4v) is 1.50. The minimum Gasteiger partial charge on any atom is -0.468 e. The van der Waals surface area contributed by atoms with E-state index in [2.05, 4.69) is 6.58 Å². The van der Waals surface area contributed by atoms with Crippen molar-refractivity contribution >= 4 is 5.91 Å². The molecule has 0 saturated heterocycles. The number of carbonyl (C=O) groups excluding carboxylic acids is 1. The molecule has 0 aliphatic carbocycles. The quantitative estimate of drug-likeness (QED) is 0.695. The number of nitrogens with zero attached hydrogens (tertiary/aromatic N) is 1. The van der Waals surface area contributed by atoms with E-state index in [1.807, 2.05) is 13.8 Å². The SMILES string of the molecule is C=CCc1occc1C(=O)N(CC)CC. The fraction of sp³-hybridized carbons (Fsp3) is 0.417. The Morgan fingerprint density at radius 3 is 2.73 bits per heavy atom. The van der Waals surface area contributed by atoms with Gasteiger partial charge in [-0.3, -0.25) is 4.79 Å². The van der Waals surface area contributed by atoms with Crippen LogP contribution in [0.2, 0.25) is 0 Å². The number of hydrogen-bond donors (Lipinski definition) is 0. The Morgan fingerprint density at radius 1 is 1.53 bits per heavy atom. The summed E-state index contributed by atoms with van der Waals surface area (Å²) in [6.07, 6.45) is 3.88. The van der Waals surface area contributed by atoms with E-state index in [1.54, 1.807) is 23.3 Å². The van der Waals surface area contributed by atoms with Gasteiger partial charge < -0.3 is 9.32 Å². The molecule has 1 aromatic rings. The molecule has 0 saturated carbocycles. The second-order valence-electron chi connectivity index (χ2n) is 3.23. The second-order valence-corrected chi connectivity index (χ2v) is 3.23. The molecule has 3 nitrogen and oxygen atoms in total. The van der Waals surface area contributed by atoms with Gasteiger partial charge in [0.25, 0.3) is 5.91 Å². The van der Waals surface area contributed by atoms with Gasteiger partial charge in [0.15, 0.2) is 0 Å². The summed E-state index contributed by atoms with van der Waals surface area (Å²) in [6.45, 7) is 9.00. The Kier molecular flexibility index (Phi) is 4.16. The molecule has 0 aromatic carbocycles. The normalized spacial score (nSPS) is 10.0. The van der Waals surface area contributed by atoms with Crippen LogP contribution in [0, 0.1) is 0 Å². The van der Waals surface area contributed by atoms with Gasteiger partial charge in [-0.1, -0.05) is 6.08 Å². The highest BCUT2D eigenvalue weighted by Crippen LogP contribution is 2.14. The highest BCUT2D eigenvalue weighted by atomic mass is 16.3. The Hall–Kier alpha value is -1.51. The van der Waals surface area contributed by atoms with Gasteiger partial charge in [-0.25, -0.2) is 0 Å². The molecule has 82 valence electrons. The van der Waals surface area contributed by atoms with Crippen LogP contribution < -0.4 is 0 Å². The van der Waals surface area contributed by atoms with Crippen molar-refractivity contribution in [2.75, 3.05) is 13.1 Å². The zero-order valence-corrected chi connectivity index (χ0v) is 9.32. The first-order chi connectivity index (χ1) is 7.24. The third-order valence-electron chi connectivity index (χ3n) is 2.36. The molecule has 0 aliphatic heterocycles. The molecule has 1 rings (SSSR count).